The van der Waals surface area contributed by atoms with Gasteiger partial charge < -0.3 is 14.3 Å². The molecule has 0 N–H and O–H groups in total. The van der Waals surface area contributed by atoms with Gasteiger partial charge >= 0.3 is 0 Å². The maximum atomic E-state index is 12.1. The lowest BCUT2D eigenvalue weighted by Crippen LogP contribution is -2.36. The van der Waals surface area contributed by atoms with Crippen molar-refractivity contribution in [2.45, 2.75) is 39.8 Å². The molecule has 0 saturated carbocycles. The number of hydrogen-bond acceptors (Lipinski definition) is 5. The van der Waals surface area contributed by atoms with Crippen LogP contribution in [0.25, 0.3) is 0 Å². The third kappa shape index (κ3) is 2.37. The molecule has 0 fully saturated rings. The molecule has 0 bridgehead atoms. The highest BCUT2D eigenvalue weighted by Gasteiger charge is 2.29. The lowest BCUT2D eigenvalue weighted by atomic mass is 10.1. The average molecular weight is 251 g/mol. The highest BCUT2D eigenvalue weighted by molar-refractivity contribution is 5.91. The average Bonchev–Trinajstić information content (AvgIpc) is 2.89. The van der Waals surface area contributed by atoms with Gasteiger partial charge in [0.15, 0.2) is 0 Å². The molecule has 0 unspecified atom stereocenters. The van der Waals surface area contributed by atoms with E-state index in [9.17, 15) is 4.79 Å². The highest BCUT2D eigenvalue weighted by atomic mass is 16.6. The minimum absolute atomic E-state index is 0.0735. The summed E-state index contributed by atoms with van der Waals surface area (Å²) in [6.45, 7) is 6.02. The standard InChI is InChI=1S/C12H17N3O3/c1-7-5-11(18-13-7)12(16)15(4)6-10-8(2)14-17-9(10)3/h11H,5-6H2,1-4H3/t11-/m1/s1. The van der Waals surface area contributed by atoms with Crippen molar-refractivity contribution in [1.29, 1.82) is 0 Å². The molecule has 0 saturated heterocycles. The van der Waals surface area contributed by atoms with Crippen molar-refractivity contribution in [1.82, 2.24) is 10.1 Å². The van der Waals surface area contributed by atoms with Gasteiger partial charge in [-0.2, -0.15) is 0 Å². The molecular weight excluding hydrogens is 234 g/mol. The molecule has 6 heteroatoms. The first-order valence-electron chi connectivity index (χ1n) is 5.85. The molecule has 1 aromatic heterocycles. The monoisotopic (exact) mass is 251 g/mol. The van der Waals surface area contributed by atoms with Crippen molar-refractivity contribution in [3.05, 3.63) is 17.0 Å². The molecule has 0 aliphatic carbocycles. The van der Waals surface area contributed by atoms with Crippen molar-refractivity contribution in [2.75, 3.05) is 7.05 Å². The Bertz CT molecular complexity index is 473. The number of amides is 1. The smallest absolute Gasteiger partial charge is 0.266 e. The van der Waals surface area contributed by atoms with Gasteiger partial charge in [0.2, 0.25) is 6.10 Å². The fraction of sp³-hybridized carbons (Fsp3) is 0.583. The lowest BCUT2D eigenvalue weighted by Gasteiger charge is -2.19. The number of oxime groups is 1. The number of aromatic nitrogens is 1. The molecule has 6 nitrogen and oxygen atoms in total. The Morgan fingerprint density at radius 2 is 2.17 bits per heavy atom. The number of nitrogens with zero attached hydrogens (tertiary/aromatic N) is 3. The van der Waals surface area contributed by atoms with Crippen LogP contribution < -0.4 is 0 Å². The predicted molar refractivity (Wildman–Crippen MR) is 65.1 cm³/mol. The van der Waals surface area contributed by atoms with E-state index in [4.69, 9.17) is 9.36 Å². The van der Waals surface area contributed by atoms with E-state index in [1.54, 1.807) is 11.9 Å². The molecule has 2 heterocycles. The summed E-state index contributed by atoms with van der Waals surface area (Å²) in [4.78, 5) is 18.8. The zero-order valence-electron chi connectivity index (χ0n) is 11.1. The van der Waals surface area contributed by atoms with Crippen LogP contribution in [0.1, 0.15) is 30.4 Å². The van der Waals surface area contributed by atoms with Crippen LogP contribution in [0.4, 0.5) is 0 Å². The van der Waals surface area contributed by atoms with Gasteiger partial charge in [0.25, 0.3) is 5.91 Å². The van der Waals surface area contributed by atoms with E-state index >= 15 is 0 Å². The van der Waals surface area contributed by atoms with Crippen molar-refractivity contribution < 1.29 is 14.2 Å². The molecule has 1 amide bonds. The van der Waals surface area contributed by atoms with Gasteiger partial charge in [-0.1, -0.05) is 10.3 Å². The summed E-state index contributed by atoms with van der Waals surface area (Å²) < 4.78 is 5.08. The topological polar surface area (TPSA) is 67.9 Å². The fourth-order valence-corrected chi connectivity index (χ4v) is 1.92. The first kappa shape index (κ1) is 12.6. The minimum Gasteiger partial charge on any atom is -0.382 e. The van der Waals surface area contributed by atoms with Crippen molar-refractivity contribution in [2.24, 2.45) is 5.16 Å². The number of hydrogen-bond donors (Lipinski definition) is 0. The molecule has 98 valence electrons. The van der Waals surface area contributed by atoms with Crippen LogP contribution in [0.5, 0.6) is 0 Å². The molecular formula is C12H17N3O3. The van der Waals surface area contributed by atoms with Crippen LogP contribution in [0.3, 0.4) is 0 Å². The van der Waals surface area contributed by atoms with Crippen LogP contribution in [0, 0.1) is 13.8 Å². The van der Waals surface area contributed by atoms with E-state index in [1.165, 1.54) is 0 Å². The highest BCUT2D eigenvalue weighted by Crippen LogP contribution is 2.17. The molecule has 0 aromatic carbocycles. The number of rotatable bonds is 3. The summed E-state index contributed by atoms with van der Waals surface area (Å²) >= 11 is 0. The Hall–Kier alpha value is -1.85. The van der Waals surface area contributed by atoms with Gasteiger partial charge in [-0.05, 0) is 20.8 Å². The third-order valence-corrected chi connectivity index (χ3v) is 3.04. The summed E-state index contributed by atoms with van der Waals surface area (Å²) in [5.74, 6) is 0.669. The van der Waals surface area contributed by atoms with Crippen LogP contribution in [-0.2, 0) is 16.2 Å². The Kier molecular flexibility index (Phi) is 3.36. The Morgan fingerprint density at radius 1 is 1.44 bits per heavy atom. The summed E-state index contributed by atoms with van der Waals surface area (Å²) in [6.07, 6.45) is 0.0700. The number of likely N-dealkylation sites (N-methyl/N-ethyl adjacent to an activating group) is 1. The molecule has 2 rings (SSSR count). The Labute approximate surface area is 106 Å². The first-order chi connectivity index (χ1) is 8.49. The van der Waals surface area contributed by atoms with Gasteiger partial charge in [0.1, 0.15) is 5.76 Å². The van der Waals surface area contributed by atoms with Gasteiger partial charge in [-0.3, -0.25) is 4.79 Å². The SMILES string of the molecule is CC1=NO[C@@H](C(=O)N(C)Cc2c(C)noc2C)C1. The van der Waals surface area contributed by atoms with E-state index in [0.717, 1.165) is 22.7 Å². The quantitative estimate of drug-likeness (QED) is 0.814. The maximum Gasteiger partial charge on any atom is 0.266 e. The second-order valence-corrected chi connectivity index (χ2v) is 4.62. The van der Waals surface area contributed by atoms with E-state index in [2.05, 4.69) is 10.3 Å². The molecule has 1 atom stereocenters. The van der Waals surface area contributed by atoms with E-state index in [-0.39, 0.29) is 5.91 Å². The largest absolute Gasteiger partial charge is 0.382 e. The second kappa shape index (κ2) is 4.80. The van der Waals surface area contributed by atoms with E-state index in [1.807, 2.05) is 20.8 Å². The molecule has 0 spiro atoms. The summed E-state index contributed by atoms with van der Waals surface area (Å²) in [7, 11) is 1.74. The van der Waals surface area contributed by atoms with Gasteiger partial charge in [-0.25, -0.2) is 0 Å². The van der Waals surface area contributed by atoms with E-state index in [0.29, 0.717) is 13.0 Å². The van der Waals surface area contributed by atoms with Crippen molar-refractivity contribution >= 4 is 11.6 Å². The van der Waals surface area contributed by atoms with Gasteiger partial charge in [-0.15, -0.1) is 0 Å². The lowest BCUT2D eigenvalue weighted by molar-refractivity contribution is -0.141. The molecule has 0 radical (unpaired) electrons. The maximum absolute atomic E-state index is 12.1. The van der Waals surface area contributed by atoms with E-state index < -0.39 is 6.10 Å². The molecule has 1 aliphatic rings. The fourth-order valence-electron chi connectivity index (χ4n) is 1.92. The number of carbonyl (C=O) groups excluding carboxylic acids is 1. The normalized spacial score (nSPS) is 18.4. The summed E-state index contributed by atoms with van der Waals surface area (Å²) in [5, 5.41) is 7.66. The van der Waals surface area contributed by atoms with Crippen LogP contribution in [0.15, 0.2) is 9.68 Å². The third-order valence-electron chi connectivity index (χ3n) is 3.04. The molecule has 1 aliphatic heterocycles. The van der Waals surface area contributed by atoms with Crippen molar-refractivity contribution in [3.63, 3.8) is 0 Å². The van der Waals surface area contributed by atoms with Gasteiger partial charge in [0.05, 0.1) is 18.0 Å². The number of aryl methyl sites for hydroxylation is 2. The van der Waals surface area contributed by atoms with Crippen molar-refractivity contribution in [3.8, 4) is 0 Å². The zero-order chi connectivity index (χ0) is 13.3. The molecule has 18 heavy (non-hydrogen) atoms. The summed E-state index contributed by atoms with van der Waals surface area (Å²) in [5.41, 5.74) is 2.60. The zero-order valence-corrected chi connectivity index (χ0v) is 11.1. The predicted octanol–water partition coefficient (Wildman–Crippen LogP) is 1.41. The van der Waals surface area contributed by atoms with Crippen LogP contribution >= 0.6 is 0 Å². The van der Waals surface area contributed by atoms with Crippen LogP contribution in [0.2, 0.25) is 0 Å². The Balaban J connectivity index is 2.00. The summed E-state index contributed by atoms with van der Waals surface area (Å²) in [6, 6.07) is 0. The second-order valence-electron chi connectivity index (χ2n) is 4.62. The first-order valence-corrected chi connectivity index (χ1v) is 5.85. The minimum atomic E-state index is -0.490. The number of carbonyl (C=O) groups is 1. The molecule has 1 aromatic rings. The van der Waals surface area contributed by atoms with Crippen LogP contribution in [-0.4, -0.2) is 34.8 Å². The Morgan fingerprint density at radius 3 is 2.67 bits per heavy atom. The van der Waals surface area contributed by atoms with Gasteiger partial charge in [0, 0.05) is 19.0 Å².